The molecule has 0 saturated carbocycles. The van der Waals surface area contributed by atoms with Crippen LogP contribution in [0.5, 0.6) is 0 Å². The van der Waals surface area contributed by atoms with Crippen LogP contribution in [0.15, 0.2) is 24.3 Å². The van der Waals surface area contributed by atoms with Crippen LogP contribution >= 0.6 is 0 Å². The number of carbonyl (C=O) groups excluding carboxylic acids is 1. The molecule has 0 heterocycles. The van der Waals surface area contributed by atoms with Crippen LogP contribution in [-0.4, -0.2) is 23.9 Å². The van der Waals surface area contributed by atoms with E-state index in [2.05, 4.69) is 19.9 Å². The summed E-state index contributed by atoms with van der Waals surface area (Å²) in [4.78, 5) is 13.8. The molecule has 1 aromatic carbocycles. The Kier molecular flexibility index (Phi) is 4.91. The molecule has 1 amide bonds. The highest BCUT2D eigenvalue weighted by Crippen LogP contribution is 2.16. The quantitative estimate of drug-likeness (QED) is 0.816. The van der Waals surface area contributed by atoms with Crippen molar-refractivity contribution in [1.29, 1.82) is 5.26 Å². The average Bonchev–Trinajstić information content (AvgIpc) is 2.37. The van der Waals surface area contributed by atoms with Crippen LogP contribution in [0.25, 0.3) is 0 Å². The lowest BCUT2D eigenvalue weighted by atomic mass is 10.0. The fourth-order valence-electron chi connectivity index (χ4n) is 1.68. The van der Waals surface area contributed by atoms with Crippen LogP contribution in [-0.2, 0) is 0 Å². The zero-order valence-electron chi connectivity index (χ0n) is 11.5. The van der Waals surface area contributed by atoms with E-state index in [1.807, 2.05) is 31.2 Å². The van der Waals surface area contributed by atoms with E-state index in [4.69, 9.17) is 5.26 Å². The van der Waals surface area contributed by atoms with E-state index in [0.29, 0.717) is 17.9 Å². The number of hydrogen-bond donors (Lipinski definition) is 0. The summed E-state index contributed by atoms with van der Waals surface area (Å²) in [6, 6.07) is 9.70. The molecule has 0 fully saturated rings. The summed E-state index contributed by atoms with van der Waals surface area (Å²) in [5, 5.41) is 8.65. The van der Waals surface area contributed by atoms with Gasteiger partial charge in [0.1, 0.15) is 0 Å². The van der Waals surface area contributed by atoms with E-state index in [0.717, 1.165) is 0 Å². The Morgan fingerprint density at radius 2 is 1.83 bits per heavy atom. The zero-order valence-corrected chi connectivity index (χ0v) is 11.5. The number of nitrogens with zero attached hydrogens (tertiary/aromatic N) is 2. The number of nitriles is 1. The van der Waals surface area contributed by atoms with E-state index < -0.39 is 0 Å². The van der Waals surface area contributed by atoms with Crippen molar-refractivity contribution in [3.8, 4) is 6.07 Å². The third-order valence-electron chi connectivity index (χ3n) is 3.19. The molecule has 0 aliphatic carbocycles. The monoisotopic (exact) mass is 244 g/mol. The lowest BCUT2D eigenvalue weighted by Gasteiger charge is -2.23. The van der Waals surface area contributed by atoms with Gasteiger partial charge in [0.05, 0.1) is 12.5 Å². The second kappa shape index (κ2) is 6.20. The van der Waals surface area contributed by atoms with Crippen molar-refractivity contribution < 1.29 is 4.79 Å². The number of rotatable bonds is 4. The second-order valence-electron chi connectivity index (χ2n) is 4.90. The van der Waals surface area contributed by atoms with Gasteiger partial charge in [0.15, 0.2) is 0 Å². The van der Waals surface area contributed by atoms with Gasteiger partial charge in [-0.3, -0.25) is 4.79 Å². The Balaban J connectivity index is 2.81. The first-order valence-corrected chi connectivity index (χ1v) is 6.21. The van der Waals surface area contributed by atoms with Gasteiger partial charge in [-0.15, -0.1) is 0 Å². The van der Waals surface area contributed by atoms with E-state index in [1.54, 1.807) is 11.9 Å². The predicted molar refractivity (Wildman–Crippen MR) is 72.3 cm³/mol. The van der Waals surface area contributed by atoms with E-state index in [-0.39, 0.29) is 11.9 Å². The van der Waals surface area contributed by atoms with Crippen molar-refractivity contribution in [3.05, 3.63) is 35.4 Å². The molecule has 0 aliphatic rings. The van der Waals surface area contributed by atoms with Crippen LogP contribution in [0.4, 0.5) is 0 Å². The molecule has 96 valence electrons. The van der Waals surface area contributed by atoms with Gasteiger partial charge >= 0.3 is 0 Å². The first kappa shape index (κ1) is 14.2. The molecule has 1 aromatic rings. The Hall–Kier alpha value is -1.82. The minimum Gasteiger partial charge on any atom is -0.338 e. The van der Waals surface area contributed by atoms with Gasteiger partial charge in [-0.05, 0) is 30.5 Å². The Bertz CT molecular complexity index is 443. The number of carbonyl (C=O) groups is 1. The van der Waals surface area contributed by atoms with Crippen molar-refractivity contribution in [3.63, 3.8) is 0 Å². The minimum absolute atomic E-state index is 0.0342. The third kappa shape index (κ3) is 3.33. The molecular formula is C15H20N2O. The van der Waals surface area contributed by atoms with Gasteiger partial charge in [-0.25, -0.2) is 0 Å². The number of benzene rings is 1. The zero-order chi connectivity index (χ0) is 13.7. The Labute approximate surface area is 109 Å². The SMILES string of the molecule is CC(C)c1ccc(C(=O)N(C)C(C)CC#N)cc1. The molecule has 0 N–H and O–H groups in total. The number of hydrogen-bond acceptors (Lipinski definition) is 2. The maximum atomic E-state index is 12.2. The summed E-state index contributed by atoms with van der Waals surface area (Å²) in [5.41, 5.74) is 1.89. The van der Waals surface area contributed by atoms with Crippen molar-refractivity contribution >= 4 is 5.91 Å². The van der Waals surface area contributed by atoms with Crippen LogP contribution in [0.3, 0.4) is 0 Å². The molecule has 0 spiro atoms. The molecule has 18 heavy (non-hydrogen) atoms. The first-order valence-electron chi connectivity index (χ1n) is 6.21. The molecule has 1 rings (SSSR count). The molecule has 0 saturated heterocycles. The molecular weight excluding hydrogens is 224 g/mol. The highest BCUT2D eigenvalue weighted by atomic mass is 16.2. The highest BCUT2D eigenvalue weighted by molar-refractivity contribution is 5.94. The molecule has 0 aliphatic heterocycles. The summed E-state index contributed by atoms with van der Waals surface area (Å²) in [5.74, 6) is 0.428. The topological polar surface area (TPSA) is 44.1 Å². The molecule has 3 nitrogen and oxygen atoms in total. The molecule has 1 unspecified atom stereocenters. The van der Waals surface area contributed by atoms with Crippen LogP contribution in [0.1, 0.15) is 49.0 Å². The summed E-state index contributed by atoms with van der Waals surface area (Å²) < 4.78 is 0. The van der Waals surface area contributed by atoms with Crippen LogP contribution < -0.4 is 0 Å². The van der Waals surface area contributed by atoms with Crippen LogP contribution in [0, 0.1) is 11.3 Å². The van der Waals surface area contributed by atoms with Gasteiger partial charge in [0.25, 0.3) is 5.91 Å². The standard InChI is InChI=1S/C15H20N2O/c1-11(2)13-5-7-14(8-6-13)15(18)17(4)12(3)9-10-16/h5-8,11-12H,9H2,1-4H3. The second-order valence-corrected chi connectivity index (χ2v) is 4.90. The normalized spacial score (nSPS) is 12.0. The smallest absolute Gasteiger partial charge is 0.253 e. The molecule has 3 heteroatoms. The summed E-state index contributed by atoms with van der Waals surface area (Å²) >= 11 is 0. The predicted octanol–water partition coefficient (Wildman–Crippen LogP) is 3.18. The maximum absolute atomic E-state index is 12.2. The van der Waals surface area contributed by atoms with E-state index in [1.165, 1.54) is 5.56 Å². The number of amides is 1. The Morgan fingerprint density at radius 3 is 2.28 bits per heavy atom. The molecule has 0 radical (unpaired) electrons. The molecule has 1 atom stereocenters. The van der Waals surface area contributed by atoms with Crippen molar-refractivity contribution in [1.82, 2.24) is 4.90 Å². The summed E-state index contributed by atoms with van der Waals surface area (Å²) in [6.07, 6.45) is 0.353. The van der Waals surface area contributed by atoms with Crippen molar-refractivity contribution in [2.75, 3.05) is 7.05 Å². The molecule has 0 bridgehead atoms. The van der Waals surface area contributed by atoms with Crippen molar-refractivity contribution in [2.24, 2.45) is 0 Å². The van der Waals surface area contributed by atoms with Gasteiger partial charge < -0.3 is 4.90 Å². The fourth-order valence-corrected chi connectivity index (χ4v) is 1.68. The van der Waals surface area contributed by atoms with E-state index >= 15 is 0 Å². The Morgan fingerprint density at radius 1 is 1.28 bits per heavy atom. The summed E-state index contributed by atoms with van der Waals surface area (Å²) in [7, 11) is 1.74. The fraction of sp³-hybridized carbons (Fsp3) is 0.467. The van der Waals surface area contributed by atoms with Gasteiger partial charge in [-0.2, -0.15) is 5.26 Å². The van der Waals surface area contributed by atoms with Crippen LogP contribution in [0.2, 0.25) is 0 Å². The van der Waals surface area contributed by atoms with Gasteiger partial charge in [0, 0.05) is 18.7 Å². The maximum Gasteiger partial charge on any atom is 0.253 e. The lowest BCUT2D eigenvalue weighted by Crippen LogP contribution is -2.34. The largest absolute Gasteiger partial charge is 0.338 e. The van der Waals surface area contributed by atoms with Crippen molar-refractivity contribution in [2.45, 2.75) is 39.2 Å². The molecule has 0 aromatic heterocycles. The average molecular weight is 244 g/mol. The lowest BCUT2D eigenvalue weighted by molar-refractivity contribution is 0.0746. The highest BCUT2D eigenvalue weighted by Gasteiger charge is 2.17. The van der Waals surface area contributed by atoms with Gasteiger partial charge in [-0.1, -0.05) is 26.0 Å². The van der Waals surface area contributed by atoms with Gasteiger partial charge in [0.2, 0.25) is 0 Å². The minimum atomic E-state index is -0.0627. The third-order valence-corrected chi connectivity index (χ3v) is 3.19. The summed E-state index contributed by atoms with van der Waals surface area (Å²) in [6.45, 7) is 6.12. The first-order chi connectivity index (χ1) is 8.47. The van der Waals surface area contributed by atoms with E-state index in [9.17, 15) is 4.79 Å².